The third-order valence-electron chi connectivity index (χ3n) is 6.54. The van der Waals surface area contributed by atoms with E-state index in [2.05, 4.69) is 29.1 Å². The molecule has 1 aromatic heterocycles. The topological polar surface area (TPSA) is 92.3 Å². The van der Waals surface area contributed by atoms with Crippen LogP contribution in [0.5, 0.6) is 0 Å². The maximum atomic E-state index is 12.7. The molecule has 150 valence electrons. The van der Waals surface area contributed by atoms with Gasteiger partial charge in [0.25, 0.3) is 0 Å². The standard InChI is InChI=1S/C21H28N4O3/c1-12(25-18(27)14-6-4-5-7-15(14)19(25)28)17(26)24-20-22-11-13-10-21(2,3)9-8-16(13)23-20/h11-12,14-15H,4-10H2,1-3H3,(H,22,23,24,26)/t12-,14+,15+/m1/s1. The minimum Gasteiger partial charge on any atom is -0.293 e. The Labute approximate surface area is 165 Å². The van der Waals surface area contributed by atoms with E-state index in [1.54, 1.807) is 13.1 Å². The van der Waals surface area contributed by atoms with Crippen molar-refractivity contribution >= 4 is 23.7 Å². The highest BCUT2D eigenvalue weighted by molar-refractivity contribution is 6.09. The molecule has 7 heteroatoms. The maximum absolute atomic E-state index is 12.7. The molecule has 3 amide bonds. The van der Waals surface area contributed by atoms with Crippen molar-refractivity contribution in [2.45, 2.75) is 71.8 Å². The third kappa shape index (κ3) is 3.31. The second-order valence-corrected chi connectivity index (χ2v) is 9.22. The SMILES string of the molecule is C[C@H](C(=O)Nc1ncc2c(n1)CCC(C)(C)C2)N1C(=O)[C@H]2CCCC[C@@H]2C1=O. The van der Waals surface area contributed by atoms with Crippen molar-refractivity contribution in [2.75, 3.05) is 5.32 Å². The molecule has 0 radical (unpaired) electrons. The molecule has 1 saturated carbocycles. The van der Waals surface area contributed by atoms with Gasteiger partial charge in [-0.15, -0.1) is 0 Å². The number of carbonyl (C=O) groups excluding carboxylic acids is 3. The van der Waals surface area contributed by atoms with Gasteiger partial charge in [-0.25, -0.2) is 9.97 Å². The molecule has 2 heterocycles. The highest BCUT2D eigenvalue weighted by Gasteiger charge is 2.50. The summed E-state index contributed by atoms with van der Waals surface area (Å²) in [6.45, 7) is 6.06. The van der Waals surface area contributed by atoms with Gasteiger partial charge in [0.2, 0.25) is 23.7 Å². The average molecular weight is 384 g/mol. The molecule has 4 rings (SSSR count). The predicted octanol–water partition coefficient (Wildman–Crippen LogP) is 2.49. The van der Waals surface area contributed by atoms with Crippen LogP contribution < -0.4 is 5.32 Å². The van der Waals surface area contributed by atoms with Crippen LogP contribution >= 0.6 is 0 Å². The Bertz CT molecular complexity index is 811. The maximum Gasteiger partial charge on any atom is 0.249 e. The van der Waals surface area contributed by atoms with Gasteiger partial charge in [0.1, 0.15) is 6.04 Å². The van der Waals surface area contributed by atoms with Gasteiger partial charge in [-0.05, 0) is 50.0 Å². The van der Waals surface area contributed by atoms with E-state index in [9.17, 15) is 14.4 Å². The van der Waals surface area contributed by atoms with E-state index in [1.807, 2.05) is 0 Å². The van der Waals surface area contributed by atoms with Crippen molar-refractivity contribution in [1.82, 2.24) is 14.9 Å². The number of aromatic nitrogens is 2. The molecule has 0 unspecified atom stereocenters. The van der Waals surface area contributed by atoms with Crippen molar-refractivity contribution in [3.8, 4) is 0 Å². The van der Waals surface area contributed by atoms with Crippen LogP contribution in [0.3, 0.4) is 0 Å². The summed E-state index contributed by atoms with van der Waals surface area (Å²) < 4.78 is 0. The number of hydrogen-bond donors (Lipinski definition) is 1. The Morgan fingerprint density at radius 3 is 2.50 bits per heavy atom. The first-order chi connectivity index (χ1) is 13.3. The summed E-state index contributed by atoms with van der Waals surface area (Å²) in [7, 11) is 0. The smallest absolute Gasteiger partial charge is 0.249 e. The van der Waals surface area contributed by atoms with Gasteiger partial charge >= 0.3 is 0 Å². The number of rotatable bonds is 3. The third-order valence-corrected chi connectivity index (χ3v) is 6.54. The van der Waals surface area contributed by atoms with Gasteiger partial charge in [-0.1, -0.05) is 26.7 Å². The molecule has 1 N–H and O–H groups in total. The molecule has 0 aromatic carbocycles. The average Bonchev–Trinajstić information content (AvgIpc) is 2.92. The van der Waals surface area contributed by atoms with Gasteiger partial charge in [0, 0.05) is 11.9 Å². The highest BCUT2D eigenvalue weighted by Crippen LogP contribution is 2.39. The molecule has 0 spiro atoms. The Balaban J connectivity index is 1.47. The number of nitrogens with one attached hydrogen (secondary N) is 1. The van der Waals surface area contributed by atoms with Gasteiger partial charge in [-0.3, -0.25) is 24.6 Å². The zero-order valence-corrected chi connectivity index (χ0v) is 16.8. The molecule has 1 aromatic rings. The van der Waals surface area contributed by atoms with E-state index >= 15 is 0 Å². The lowest BCUT2D eigenvalue weighted by Crippen LogP contribution is -2.46. The minimum atomic E-state index is -0.857. The fourth-order valence-electron chi connectivity index (χ4n) is 4.83. The van der Waals surface area contributed by atoms with Crippen LogP contribution in [-0.2, 0) is 27.2 Å². The molecule has 28 heavy (non-hydrogen) atoms. The largest absolute Gasteiger partial charge is 0.293 e. The van der Waals surface area contributed by atoms with Gasteiger partial charge < -0.3 is 0 Å². The number of fused-ring (bicyclic) bond motifs is 2. The van der Waals surface area contributed by atoms with E-state index in [1.165, 1.54) is 0 Å². The lowest BCUT2D eigenvalue weighted by atomic mass is 9.76. The summed E-state index contributed by atoms with van der Waals surface area (Å²) in [4.78, 5) is 48.1. The lowest BCUT2D eigenvalue weighted by Gasteiger charge is -2.30. The van der Waals surface area contributed by atoms with Crippen molar-refractivity contribution in [2.24, 2.45) is 17.3 Å². The Morgan fingerprint density at radius 1 is 1.21 bits per heavy atom. The van der Waals surface area contributed by atoms with Crippen LogP contribution in [0, 0.1) is 17.3 Å². The predicted molar refractivity (Wildman–Crippen MR) is 103 cm³/mol. The van der Waals surface area contributed by atoms with E-state index in [4.69, 9.17) is 0 Å². The summed E-state index contributed by atoms with van der Waals surface area (Å²) in [6.07, 6.45) is 8.02. The number of aryl methyl sites for hydroxylation is 1. The van der Waals surface area contributed by atoms with Crippen molar-refractivity contribution in [1.29, 1.82) is 0 Å². The number of carbonyl (C=O) groups is 3. The van der Waals surface area contributed by atoms with Gasteiger partial charge in [0.05, 0.1) is 11.8 Å². The van der Waals surface area contributed by atoms with Crippen molar-refractivity contribution in [3.05, 3.63) is 17.5 Å². The number of hydrogen-bond acceptors (Lipinski definition) is 5. The van der Waals surface area contributed by atoms with Gasteiger partial charge in [-0.2, -0.15) is 0 Å². The number of anilines is 1. The molecular formula is C21H28N4O3. The summed E-state index contributed by atoms with van der Waals surface area (Å²) in [5.41, 5.74) is 2.33. The summed E-state index contributed by atoms with van der Waals surface area (Å²) in [5, 5.41) is 2.70. The Kier molecular flexibility index (Phi) is 4.71. The van der Waals surface area contributed by atoms with Gasteiger partial charge in [0.15, 0.2) is 0 Å². The fourth-order valence-corrected chi connectivity index (χ4v) is 4.83. The molecule has 7 nitrogen and oxygen atoms in total. The first kappa shape index (κ1) is 19.0. The first-order valence-corrected chi connectivity index (χ1v) is 10.3. The second-order valence-electron chi connectivity index (χ2n) is 9.22. The van der Waals surface area contributed by atoms with Crippen LogP contribution in [0.1, 0.15) is 64.1 Å². The van der Waals surface area contributed by atoms with E-state index in [-0.39, 0.29) is 35.0 Å². The monoisotopic (exact) mass is 384 g/mol. The number of nitrogens with zero attached hydrogens (tertiary/aromatic N) is 3. The molecule has 2 fully saturated rings. The lowest BCUT2D eigenvalue weighted by molar-refractivity contribution is -0.146. The number of amides is 3. The van der Waals surface area contributed by atoms with E-state index in [0.717, 1.165) is 61.1 Å². The van der Waals surface area contributed by atoms with E-state index < -0.39 is 11.9 Å². The van der Waals surface area contributed by atoms with Crippen LogP contribution in [-0.4, -0.2) is 38.6 Å². The summed E-state index contributed by atoms with van der Waals surface area (Å²) in [6, 6.07) is -0.857. The summed E-state index contributed by atoms with van der Waals surface area (Å²) >= 11 is 0. The first-order valence-electron chi connectivity index (χ1n) is 10.3. The molecule has 2 aliphatic carbocycles. The van der Waals surface area contributed by atoms with Crippen molar-refractivity contribution < 1.29 is 14.4 Å². The normalized spacial score (nSPS) is 27.2. The zero-order valence-electron chi connectivity index (χ0n) is 16.8. The van der Waals surface area contributed by atoms with E-state index in [0.29, 0.717) is 0 Å². The Morgan fingerprint density at radius 2 is 1.86 bits per heavy atom. The van der Waals surface area contributed by atoms with Crippen LogP contribution in [0.4, 0.5) is 5.95 Å². The zero-order chi connectivity index (χ0) is 20.1. The van der Waals surface area contributed by atoms with Crippen LogP contribution in [0.2, 0.25) is 0 Å². The number of likely N-dealkylation sites (tertiary alicyclic amines) is 1. The molecule has 1 aliphatic heterocycles. The summed E-state index contributed by atoms with van der Waals surface area (Å²) in [5.74, 6) is -1.08. The second kappa shape index (κ2) is 6.94. The van der Waals surface area contributed by atoms with Crippen molar-refractivity contribution in [3.63, 3.8) is 0 Å². The fraction of sp³-hybridized carbons (Fsp3) is 0.667. The van der Waals surface area contributed by atoms with Crippen LogP contribution in [0.25, 0.3) is 0 Å². The quantitative estimate of drug-likeness (QED) is 0.809. The molecule has 1 saturated heterocycles. The molecule has 3 atom stereocenters. The van der Waals surface area contributed by atoms with Crippen LogP contribution in [0.15, 0.2) is 6.20 Å². The molecule has 0 bridgehead atoms. The highest BCUT2D eigenvalue weighted by atomic mass is 16.2. The molecular weight excluding hydrogens is 356 g/mol. The number of imide groups is 1. The molecule has 3 aliphatic rings. The Hall–Kier alpha value is -2.31. The minimum absolute atomic E-state index is 0.203.